The van der Waals surface area contributed by atoms with Gasteiger partial charge < -0.3 is 9.47 Å². The van der Waals surface area contributed by atoms with Gasteiger partial charge in [0.15, 0.2) is 0 Å². The molecule has 0 N–H and O–H groups in total. The van der Waals surface area contributed by atoms with Crippen molar-refractivity contribution in [1.82, 2.24) is 0 Å². The van der Waals surface area contributed by atoms with Gasteiger partial charge in [0, 0.05) is 0 Å². The molecule has 0 atom stereocenters. The predicted molar refractivity (Wildman–Crippen MR) is 121 cm³/mol. The SMILES string of the molecule is COc1ccc(N(C/C(C)=C/c2ccccc2)S(=O)(=O)c2ccc(OC)cc2)cc1. The molecule has 0 radical (unpaired) electrons. The molecule has 0 aromatic heterocycles. The summed E-state index contributed by atoms with van der Waals surface area (Å²) in [6, 6.07) is 23.2. The largest absolute Gasteiger partial charge is 0.497 e. The molecule has 0 saturated carbocycles. The van der Waals surface area contributed by atoms with Gasteiger partial charge in [-0.05, 0) is 61.0 Å². The minimum Gasteiger partial charge on any atom is -0.497 e. The Morgan fingerprint density at radius 3 is 1.90 bits per heavy atom. The molecule has 0 spiro atoms. The molecule has 3 aromatic carbocycles. The van der Waals surface area contributed by atoms with E-state index < -0.39 is 10.0 Å². The van der Waals surface area contributed by atoms with Crippen LogP contribution in [-0.2, 0) is 10.0 Å². The minimum atomic E-state index is -3.79. The lowest BCUT2D eigenvalue weighted by molar-refractivity contribution is 0.414. The highest BCUT2D eigenvalue weighted by Crippen LogP contribution is 2.28. The number of rotatable bonds is 8. The second-order valence-corrected chi connectivity index (χ2v) is 8.65. The van der Waals surface area contributed by atoms with Gasteiger partial charge in [-0.3, -0.25) is 4.31 Å². The normalized spacial score (nSPS) is 11.8. The van der Waals surface area contributed by atoms with Crippen LogP contribution in [0.1, 0.15) is 12.5 Å². The van der Waals surface area contributed by atoms with Crippen molar-refractivity contribution in [2.24, 2.45) is 0 Å². The first-order valence-corrected chi connectivity index (χ1v) is 10.9. The van der Waals surface area contributed by atoms with E-state index in [2.05, 4.69) is 0 Å². The van der Waals surface area contributed by atoms with Gasteiger partial charge in [-0.2, -0.15) is 0 Å². The van der Waals surface area contributed by atoms with Crippen LogP contribution in [0.3, 0.4) is 0 Å². The first-order chi connectivity index (χ1) is 14.4. The van der Waals surface area contributed by atoms with Gasteiger partial charge >= 0.3 is 0 Å². The second-order valence-electron chi connectivity index (χ2n) is 6.79. The predicted octanol–water partition coefficient (Wildman–Crippen LogP) is 5.00. The van der Waals surface area contributed by atoms with E-state index in [4.69, 9.17) is 9.47 Å². The van der Waals surface area contributed by atoms with Crippen LogP contribution in [0.2, 0.25) is 0 Å². The molecular formula is C24H25NO4S. The molecule has 156 valence electrons. The Morgan fingerprint density at radius 1 is 0.833 bits per heavy atom. The number of hydrogen-bond acceptors (Lipinski definition) is 4. The summed E-state index contributed by atoms with van der Waals surface area (Å²) < 4.78 is 38.8. The average Bonchev–Trinajstić information content (AvgIpc) is 2.78. The van der Waals surface area contributed by atoms with Crippen LogP contribution in [0.4, 0.5) is 5.69 Å². The van der Waals surface area contributed by atoms with Crippen LogP contribution < -0.4 is 13.8 Å². The number of anilines is 1. The number of benzene rings is 3. The third-order valence-electron chi connectivity index (χ3n) is 4.61. The van der Waals surface area contributed by atoms with Crippen molar-refractivity contribution in [1.29, 1.82) is 0 Å². The number of methoxy groups -OCH3 is 2. The second kappa shape index (κ2) is 9.50. The fourth-order valence-corrected chi connectivity index (χ4v) is 4.55. The molecule has 0 bridgehead atoms. The zero-order valence-electron chi connectivity index (χ0n) is 17.3. The van der Waals surface area contributed by atoms with E-state index in [9.17, 15) is 8.42 Å². The van der Waals surface area contributed by atoms with Crippen molar-refractivity contribution in [2.75, 3.05) is 25.1 Å². The van der Waals surface area contributed by atoms with Crippen molar-refractivity contribution in [3.63, 3.8) is 0 Å². The fourth-order valence-electron chi connectivity index (χ4n) is 3.04. The molecule has 0 heterocycles. The van der Waals surface area contributed by atoms with Gasteiger partial charge in [0.2, 0.25) is 0 Å². The molecule has 0 saturated heterocycles. The topological polar surface area (TPSA) is 55.8 Å². The lowest BCUT2D eigenvalue weighted by Crippen LogP contribution is -2.32. The zero-order valence-corrected chi connectivity index (χ0v) is 18.1. The minimum absolute atomic E-state index is 0.201. The van der Waals surface area contributed by atoms with Gasteiger partial charge in [0.05, 0.1) is 31.3 Å². The third kappa shape index (κ3) is 5.02. The summed E-state index contributed by atoms with van der Waals surface area (Å²) in [6.07, 6.45) is 1.99. The zero-order chi connectivity index (χ0) is 21.6. The molecule has 3 aromatic rings. The molecule has 0 amide bonds. The summed E-state index contributed by atoms with van der Waals surface area (Å²) >= 11 is 0. The van der Waals surface area contributed by atoms with Crippen LogP contribution in [0.25, 0.3) is 6.08 Å². The van der Waals surface area contributed by atoms with E-state index >= 15 is 0 Å². The third-order valence-corrected chi connectivity index (χ3v) is 6.40. The number of ether oxygens (including phenoxy) is 2. The Kier molecular flexibility index (Phi) is 6.79. The van der Waals surface area contributed by atoms with Crippen molar-refractivity contribution >= 4 is 21.8 Å². The molecule has 0 fully saturated rings. The lowest BCUT2D eigenvalue weighted by Gasteiger charge is -2.25. The number of sulfonamides is 1. The van der Waals surface area contributed by atoms with Crippen LogP contribution in [0.5, 0.6) is 11.5 Å². The Hall–Kier alpha value is -3.25. The fraction of sp³-hybridized carbons (Fsp3) is 0.167. The highest BCUT2D eigenvalue weighted by molar-refractivity contribution is 7.92. The molecule has 5 nitrogen and oxygen atoms in total. The quantitative estimate of drug-likeness (QED) is 0.511. The maximum absolute atomic E-state index is 13.5. The van der Waals surface area contributed by atoms with Crippen LogP contribution in [0.15, 0.2) is 89.3 Å². The average molecular weight is 424 g/mol. The molecule has 0 aliphatic carbocycles. The molecular weight excluding hydrogens is 398 g/mol. The summed E-state index contributed by atoms with van der Waals surface area (Å²) in [5.74, 6) is 1.27. The van der Waals surface area contributed by atoms with Crippen LogP contribution in [0, 0.1) is 0 Å². The monoisotopic (exact) mass is 423 g/mol. The van der Waals surface area contributed by atoms with E-state index in [-0.39, 0.29) is 11.4 Å². The summed E-state index contributed by atoms with van der Waals surface area (Å²) in [5.41, 5.74) is 2.49. The van der Waals surface area contributed by atoms with Gasteiger partial charge in [0.1, 0.15) is 11.5 Å². The van der Waals surface area contributed by atoms with Gasteiger partial charge in [-0.1, -0.05) is 42.0 Å². The van der Waals surface area contributed by atoms with Crippen LogP contribution in [-0.4, -0.2) is 29.2 Å². The first kappa shape index (κ1) is 21.5. The van der Waals surface area contributed by atoms with Crippen molar-refractivity contribution in [3.8, 4) is 11.5 Å². The highest BCUT2D eigenvalue weighted by atomic mass is 32.2. The lowest BCUT2D eigenvalue weighted by atomic mass is 10.1. The Bertz CT molecular complexity index is 1090. The van der Waals surface area contributed by atoms with Gasteiger partial charge in [-0.25, -0.2) is 8.42 Å². The summed E-state index contributed by atoms with van der Waals surface area (Å²) in [6.45, 7) is 2.14. The Morgan fingerprint density at radius 2 is 1.37 bits per heavy atom. The first-order valence-electron chi connectivity index (χ1n) is 9.47. The van der Waals surface area contributed by atoms with Gasteiger partial charge in [-0.15, -0.1) is 0 Å². The smallest absolute Gasteiger partial charge is 0.264 e. The maximum Gasteiger partial charge on any atom is 0.264 e. The summed E-state index contributed by atoms with van der Waals surface area (Å²) in [5, 5.41) is 0. The van der Waals surface area contributed by atoms with E-state index in [1.165, 1.54) is 4.31 Å². The Labute approximate surface area is 178 Å². The number of nitrogens with zero attached hydrogens (tertiary/aromatic N) is 1. The molecule has 3 rings (SSSR count). The van der Waals surface area contributed by atoms with E-state index in [0.717, 1.165) is 11.1 Å². The Balaban J connectivity index is 2.00. The standard InChI is InChI=1S/C24H25NO4S/c1-19(17-20-7-5-4-6-8-20)18-25(21-9-11-22(28-2)12-10-21)30(26,27)24-15-13-23(29-3)14-16-24/h4-17H,18H2,1-3H3/b19-17+. The molecule has 0 aliphatic rings. The highest BCUT2D eigenvalue weighted by Gasteiger charge is 2.25. The molecule has 30 heavy (non-hydrogen) atoms. The van der Waals surface area contributed by atoms with E-state index in [1.54, 1.807) is 62.8 Å². The molecule has 6 heteroatoms. The van der Waals surface area contributed by atoms with Crippen molar-refractivity contribution < 1.29 is 17.9 Å². The summed E-state index contributed by atoms with van der Waals surface area (Å²) in [4.78, 5) is 0.201. The summed E-state index contributed by atoms with van der Waals surface area (Å²) in [7, 11) is -0.666. The van der Waals surface area contributed by atoms with Gasteiger partial charge in [0.25, 0.3) is 10.0 Å². The van der Waals surface area contributed by atoms with E-state index in [1.807, 2.05) is 43.3 Å². The molecule has 0 unspecified atom stereocenters. The van der Waals surface area contributed by atoms with Crippen molar-refractivity contribution in [2.45, 2.75) is 11.8 Å². The maximum atomic E-state index is 13.5. The van der Waals surface area contributed by atoms with Crippen molar-refractivity contribution in [3.05, 3.63) is 90.0 Å². The number of hydrogen-bond donors (Lipinski definition) is 0. The molecule has 0 aliphatic heterocycles. The van der Waals surface area contributed by atoms with E-state index in [0.29, 0.717) is 17.2 Å². The van der Waals surface area contributed by atoms with Crippen LogP contribution >= 0.6 is 0 Å².